The topological polar surface area (TPSA) is 55.1 Å². The van der Waals surface area contributed by atoms with Gasteiger partial charge in [-0.3, -0.25) is 4.79 Å². The number of amides is 1. The van der Waals surface area contributed by atoms with Crippen molar-refractivity contribution in [2.45, 2.75) is 23.5 Å². The van der Waals surface area contributed by atoms with Crippen LogP contribution >= 0.6 is 24.2 Å². The average Bonchev–Trinajstić information content (AvgIpc) is 2.28. The lowest BCUT2D eigenvalue weighted by molar-refractivity contribution is -0.120. The number of hydrogen-bond donors (Lipinski definition) is 2. The third-order valence-corrected chi connectivity index (χ3v) is 3.15. The van der Waals surface area contributed by atoms with Crippen LogP contribution in [0.2, 0.25) is 0 Å². The van der Waals surface area contributed by atoms with Gasteiger partial charge in [0, 0.05) is 29.7 Å². The number of rotatable bonds is 6. The molecular formula is C12H19ClN2OS. The average molecular weight is 275 g/mol. The molecule has 17 heavy (non-hydrogen) atoms. The SMILES string of the molecule is CC(CNC(=O)CCN)Sc1ccccc1.Cl. The first-order valence-electron chi connectivity index (χ1n) is 5.41. The zero-order valence-electron chi connectivity index (χ0n) is 9.89. The number of thioether (sulfide) groups is 1. The lowest BCUT2D eigenvalue weighted by Crippen LogP contribution is -2.30. The number of nitrogens with one attached hydrogen (secondary N) is 1. The van der Waals surface area contributed by atoms with Crippen molar-refractivity contribution in [2.75, 3.05) is 13.1 Å². The van der Waals surface area contributed by atoms with E-state index in [9.17, 15) is 4.79 Å². The molecular weight excluding hydrogens is 256 g/mol. The van der Waals surface area contributed by atoms with Crippen LogP contribution < -0.4 is 11.1 Å². The lowest BCUT2D eigenvalue weighted by Gasteiger charge is -2.12. The number of nitrogens with two attached hydrogens (primary N) is 1. The largest absolute Gasteiger partial charge is 0.355 e. The molecule has 0 aliphatic carbocycles. The van der Waals surface area contributed by atoms with Crippen molar-refractivity contribution in [3.8, 4) is 0 Å². The van der Waals surface area contributed by atoms with Gasteiger partial charge in [-0.1, -0.05) is 25.1 Å². The Morgan fingerprint density at radius 2 is 2.06 bits per heavy atom. The van der Waals surface area contributed by atoms with Crippen molar-refractivity contribution >= 4 is 30.1 Å². The highest BCUT2D eigenvalue weighted by Gasteiger charge is 2.06. The van der Waals surface area contributed by atoms with Crippen LogP contribution in [0, 0.1) is 0 Å². The third kappa shape index (κ3) is 7.26. The summed E-state index contributed by atoms with van der Waals surface area (Å²) < 4.78 is 0. The molecule has 3 N–H and O–H groups in total. The van der Waals surface area contributed by atoms with Crippen LogP contribution in [0.1, 0.15) is 13.3 Å². The second kappa shape index (κ2) is 9.33. The molecule has 0 bridgehead atoms. The van der Waals surface area contributed by atoms with Crippen molar-refractivity contribution < 1.29 is 4.79 Å². The normalized spacial score (nSPS) is 11.4. The maximum atomic E-state index is 11.2. The number of carbonyl (C=O) groups excluding carboxylic acids is 1. The van der Waals surface area contributed by atoms with Crippen LogP contribution in [0.5, 0.6) is 0 Å². The summed E-state index contributed by atoms with van der Waals surface area (Å²) in [6.45, 7) is 3.19. The summed E-state index contributed by atoms with van der Waals surface area (Å²) in [7, 11) is 0. The van der Waals surface area contributed by atoms with E-state index in [-0.39, 0.29) is 18.3 Å². The zero-order chi connectivity index (χ0) is 11.8. The second-order valence-corrected chi connectivity index (χ2v) is 5.10. The molecule has 0 spiro atoms. The summed E-state index contributed by atoms with van der Waals surface area (Å²) in [6, 6.07) is 10.2. The maximum Gasteiger partial charge on any atom is 0.221 e. The molecule has 1 aromatic rings. The van der Waals surface area contributed by atoms with Gasteiger partial charge in [0.05, 0.1) is 0 Å². The predicted molar refractivity (Wildman–Crippen MR) is 75.7 cm³/mol. The molecule has 0 aromatic heterocycles. The van der Waals surface area contributed by atoms with Crippen molar-refractivity contribution in [3.63, 3.8) is 0 Å². The fourth-order valence-electron chi connectivity index (χ4n) is 1.25. The number of benzene rings is 1. The van der Waals surface area contributed by atoms with Gasteiger partial charge in [-0.05, 0) is 12.1 Å². The molecule has 0 fully saturated rings. The Balaban J connectivity index is 0.00000256. The summed E-state index contributed by atoms with van der Waals surface area (Å²) >= 11 is 1.76. The highest BCUT2D eigenvalue weighted by atomic mass is 35.5. The molecule has 1 aromatic carbocycles. The molecule has 5 heteroatoms. The van der Waals surface area contributed by atoms with E-state index in [1.54, 1.807) is 11.8 Å². The van der Waals surface area contributed by atoms with Gasteiger partial charge < -0.3 is 11.1 Å². The molecule has 0 saturated carbocycles. The Labute approximate surface area is 113 Å². The van der Waals surface area contributed by atoms with Gasteiger partial charge in [0.2, 0.25) is 5.91 Å². The van der Waals surface area contributed by atoms with Gasteiger partial charge in [0.15, 0.2) is 0 Å². The molecule has 3 nitrogen and oxygen atoms in total. The molecule has 0 aliphatic heterocycles. The summed E-state index contributed by atoms with van der Waals surface area (Å²) in [5.41, 5.74) is 5.29. The van der Waals surface area contributed by atoms with E-state index in [1.165, 1.54) is 4.90 Å². The fraction of sp³-hybridized carbons (Fsp3) is 0.417. The first-order valence-corrected chi connectivity index (χ1v) is 6.29. The van der Waals surface area contributed by atoms with Gasteiger partial charge in [-0.2, -0.15) is 0 Å². The number of hydrogen-bond acceptors (Lipinski definition) is 3. The highest BCUT2D eigenvalue weighted by Crippen LogP contribution is 2.21. The Morgan fingerprint density at radius 1 is 1.41 bits per heavy atom. The van der Waals surface area contributed by atoms with Crippen molar-refractivity contribution in [3.05, 3.63) is 30.3 Å². The smallest absolute Gasteiger partial charge is 0.221 e. The molecule has 1 amide bonds. The van der Waals surface area contributed by atoms with Gasteiger partial charge in [-0.25, -0.2) is 0 Å². The van der Waals surface area contributed by atoms with Gasteiger partial charge in [0.25, 0.3) is 0 Å². The fourth-order valence-corrected chi connectivity index (χ4v) is 2.20. The van der Waals surface area contributed by atoms with E-state index in [1.807, 2.05) is 18.2 Å². The summed E-state index contributed by atoms with van der Waals surface area (Å²) in [5, 5.41) is 3.23. The number of carbonyl (C=O) groups is 1. The van der Waals surface area contributed by atoms with Crippen molar-refractivity contribution in [1.82, 2.24) is 5.32 Å². The van der Waals surface area contributed by atoms with E-state index in [0.29, 0.717) is 24.8 Å². The molecule has 0 heterocycles. The van der Waals surface area contributed by atoms with Crippen molar-refractivity contribution in [2.24, 2.45) is 5.73 Å². The van der Waals surface area contributed by atoms with E-state index in [0.717, 1.165) is 0 Å². The monoisotopic (exact) mass is 274 g/mol. The lowest BCUT2D eigenvalue weighted by atomic mass is 10.4. The first kappa shape index (κ1) is 16.3. The van der Waals surface area contributed by atoms with Crippen molar-refractivity contribution in [1.29, 1.82) is 0 Å². The molecule has 1 atom stereocenters. The summed E-state index contributed by atoms with van der Waals surface area (Å²) in [5.74, 6) is 0.0306. The van der Waals surface area contributed by atoms with Gasteiger partial charge in [0.1, 0.15) is 0 Å². The molecule has 0 radical (unpaired) electrons. The van der Waals surface area contributed by atoms with Gasteiger partial charge in [-0.15, -0.1) is 24.2 Å². The minimum absolute atomic E-state index is 0. The summed E-state index contributed by atoms with van der Waals surface area (Å²) in [6.07, 6.45) is 0.405. The first-order chi connectivity index (χ1) is 7.72. The van der Waals surface area contributed by atoms with Crippen LogP contribution in [0.15, 0.2) is 35.2 Å². The zero-order valence-corrected chi connectivity index (χ0v) is 11.5. The standard InChI is InChI=1S/C12H18N2OS.ClH/c1-10(9-14-12(15)7-8-13)16-11-5-3-2-4-6-11;/h2-6,10H,7-9,13H2,1H3,(H,14,15);1H. The molecule has 0 saturated heterocycles. The maximum absolute atomic E-state index is 11.2. The minimum atomic E-state index is 0. The Kier molecular flexibility index (Phi) is 8.94. The predicted octanol–water partition coefficient (Wildman–Crippen LogP) is 2.05. The Bertz CT molecular complexity index is 322. The van der Waals surface area contributed by atoms with E-state index >= 15 is 0 Å². The summed E-state index contributed by atoms with van der Waals surface area (Å²) in [4.78, 5) is 12.4. The van der Waals surface area contributed by atoms with E-state index < -0.39 is 0 Å². The van der Waals surface area contributed by atoms with E-state index in [2.05, 4.69) is 24.4 Å². The Morgan fingerprint density at radius 3 is 2.65 bits per heavy atom. The third-order valence-electron chi connectivity index (χ3n) is 2.04. The minimum Gasteiger partial charge on any atom is -0.355 e. The molecule has 1 rings (SSSR count). The van der Waals surface area contributed by atoms with Gasteiger partial charge >= 0.3 is 0 Å². The Hall–Kier alpha value is -0.710. The van der Waals surface area contributed by atoms with Crippen LogP contribution in [0.3, 0.4) is 0 Å². The number of halogens is 1. The molecule has 1 unspecified atom stereocenters. The second-order valence-electron chi connectivity index (χ2n) is 3.58. The highest BCUT2D eigenvalue weighted by molar-refractivity contribution is 8.00. The van der Waals surface area contributed by atoms with Crippen LogP contribution in [0.25, 0.3) is 0 Å². The van der Waals surface area contributed by atoms with Crippen LogP contribution in [-0.2, 0) is 4.79 Å². The van der Waals surface area contributed by atoms with Crippen LogP contribution in [0.4, 0.5) is 0 Å². The van der Waals surface area contributed by atoms with Crippen LogP contribution in [-0.4, -0.2) is 24.2 Å². The molecule has 0 aliphatic rings. The quantitative estimate of drug-likeness (QED) is 0.781. The van der Waals surface area contributed by atoms with E-state index in [4.69, 9.17) is 5.73 Å². The molecule has 96 valence electrons.